The molecule has 0 unspecified atom stereocenters. The number of primary amides is 1. The van der Waals surface area contributed by atoms with E-state index in [9.17, 15) is 8.78 Å². The molecular weight excluding hydrogens is 412 g/mol. The van der Waals surface area contributed by atoms with Gasteiger partial charge in [-0.05, 0) is 49.6 Å². The number of aromatic nitrogens is 3. The van der Waals surface area contributed by atoms with Gasteiger partial charge in [-0.1, -0.05) is 41.0 Å². The van der Waals surface area contributed by atoms with E-state index < -0.39 is 11.6 Å². The Morgan fingerprint density at radius 2 is 1.50 bits per heavy atom. The molecule has 3 heterocycles. The van der Waals surface area contributed by atoms with Crippen molar-refractivity contribution < 1.29 is 13.6 Å². The van der Waals surface area contributed by atoms with E-state index in [-0.39, 0.29) is 6.41 Å². The minimum atomic E-state index is -0.411. The van der Waals surface area contributed by atoms with E-state index >= 15 is 0 Å². The Morgan fingerprint density at radius 3 is 1.97 bits per heavy atom. The average molecular weight is 450 g/mol. The fourth-order valence-electron chi connectivity index (χ4n) is 2.90. The van der Waals surface area contributed by atoms with Crippen molar-refractivity contribution in [2.75, 3.05) is 18.0 Å². The van der Waals surface area contributed by atoms with Crippen LogP contribution in [0.15, 0.2) is 42.7 Å². The van der Waals surface area contributed by atoms with E-state index in [4.69, 9.17) is 9.78 Å². The van der Waals surface area contributed by atoms with Crippen molar-refractivity contribution in [3.8, 4) is 0 Å². The molecular formula is C24H37F2N5O. The molecule has 0 radical (unpaired) electrons. The molecule has 2 aromatic heterocycles. The number of fused-ring (bicyclic) bond motifs is 1. The van der Waals surface area contributed by atoms with E-state index in [2.05, 4.69) is 28.7 Å². The van der Waals surface area contributed by atoms with Gasteiger partial charge < -0.3 is 10.6 Å². The Bertz CT molecular complexity index is 841. The summed E-state index contributed by atoms with van der Waals surface area (Å²) in [5.74, 6) is 0.283. The number of nitrogens with two attached hydrogens (primary N) is 1. The molecule has 1 aliphatic rings. The molecule has 1 aromatic carbocycles. The van der Waals surface area contributed by atoms with E-state index in [1.807, 2.05) is 44.6 Å². The van der Waals surface area contributed by atoms with Crippen molar-refractivity contribution in [1.29, 1.82) is 0 Å². The van der Waals surface area contributed by atoms with Crippen LogP contribution in [0.25, 0.3) is 5.65 Å². The third-order valence-corrected chi connectivity index (χ3v) is 4.18. The molecule has 8 heteroatoms. The zero-order chi connectivity index (χ0) is 24.4. The Morgan fingerprint density at radius 1 is 1.00 bits per heavy atom. The van der Waals surface area contributed by atoms with E-state index in [0.29, 0.717) is 0 Å². The fraction of sp³-hybridized carbons (Fsp3) is 0.458. The van der Waals surface area contributed by atoms with Crippen LogP contribution in [0, 0.1) is 11.6 Å². The van der Waals surface area contributed by atoms with Crippen molar-refractivity contribution in [3.05, 3.63) is 59.9 Å². The number of hydrogen-bond donors (Lipinski definition) is 1. The Kier molecular flexibility index (Phi) is 16.0. The van der Waals surface area contributed by atoms with Gasteiger partial charge in [0.2, 0.25) is 6.41 Å². The predicted molar refractivity (Wildman–Crippen MR) is 128 cm³/mol. The molecule has 1 amide bonds. The van der Waals surface area contributed by atoms with Gasteiger partial charge >= 0.3 is 0 Å². The van der Waals surface area contributed by atoms with Crippen LogP contribution >= 0.6 is 0 Å². The van der Waals surface area contributed by atoms with Gasteiger partial charge in [-0.15, -0.1) is 0 Å². The molecule has 4 rings (SSSR count). The summed E-state index contributed by atoms with van der Waals surface area (Å²) in [6, 6.07) is 6.39. The van der Waals surface area contributed by atoms with E-state index in [1.54, 1.807) is 0 Å². The Labute approximate surface area is 190 Å². The second-order valence-corrected chi connectivity index (χ2v) is 6.24. The number of halogens is 2. The molecule has 0 aliphatic carbocycles. The number of carbonyl (C=O) groups excluding carboxylic acids is 1. The van der Waals surface area contributed by atoms with Gasteiger partial charge in [0.05, 0.1) is 6.20 Å². The van der Waals surface area contributed by atoms with Gasteiger partial charge in [-0.2, -0.15) is 5.10 Å². The van der Waals surface area contributed by atoms with Crippen LogP contribution in [0.1, 0.15) is 59.4 Å². The highest BCUT2D eigenvalue weighted by Crippen LogP contribution is 2.20. The van der Waals surface area contributed by atoms with Crippen LogP contribution in [0.4, 0.5) is 14.6 Å². The molecule has 0 saturated carbocycles. The highest BCUT2D eigenvalue weighted by Gasteiger charge is 2.14. The third kappa shape index (κ3) is 9.85. The smallest absolute Gasteiger partial charge is 0.204 e. The minimum Gasteiger partial charge on any atom is -0.372 e. The monoisotopic (exact) mass is 449 g/mol. The highest BCUT2D eigenvalue weighted by molar-refractivity contribution is 5.53. The largest absolute Gasteiger partial charge is 0.372 e. The first kappa shape index (κ1) is 29.0. The zero-order valence-electron chi connectivity index (χ0n) is 19.9. The van der Waals surface area contributed by atoms with Crippen LogP contribution in [0.2, 0.25) is 0 Å². The highest BCUT2D eigenvalue weighted by atomic mass is 19.1. The van der Waals surface area contributed by atoms with Crippen LogP contribution in [0.3, 0.4) is 0 Å². The van der Waals surface area contributed by atoms with Gasteiger partial charge in [0.25, 0.3) is 0 Å². The topological polar surface area (TPSA) is 76.5 Å². The normalized spacial score (nSPS) is 11.5. The molecule has 0 atom stereocenters. The average Bonchev–Trinajstić information content (AvgIpc) is 3.50. The third-order valence-electron chi connectivity index (χ3n) is 4.18. The number of carbonyl (C=O) groups is 1. The van der Waals surface area contributed by atoms with Crippen LogP contribution in [-0.2, 0) is 11.2 Å². The molecule has 1 aliphatic heterocycles. The number of benzene rings is 1. The summed E-state index contributed by atoms with van der Waals surface area (Å²) in [5.41, 5.74) is 6.45. The molecule has 0 bridgehead atoms. The number of nitrogens with zero attached hydrogens (tertiary/aromatic N) is 4. The first-order valence-electron chi connectivity index (χ1n) is 11.2. The maximum Gasteiger partial charge on any atom is 0.204 e. The lowest BCUT2D eigenvalue weighted by Gasteiger charge is -2.16. The van der Waals surface area contributed by atoms with Crippen molar-refractivity contribution in [1.82, 2.24) is 14.6 Å². The Hall–Kier alpha value is -3.03. The molecule has 0 spiro atoms. The minimum absolute atomic E-state index is 0.250. The predicted octanol–water partition coefficient (Wildman–Crippen LogP) is 5.40. The summed E-state index contributed by atoms with van der Waals surface area (Å²) in [7, 11) is 0. The summed E-state index contributed by atoms with van der Waals surface area (Å²) in [4.78, 5) is 15.7. The molecule has 2 N–H and O–H groups in total. The van der Waals surface area contributed by atoms with Gasteiger partial charge in [-0.25, -0.2) is 18.3 Å². The van der Waals surface area contributed by atoms with Gasteiger partial charge in [0, 0.05) is 24.8 Å². The molecule has 1 saturated heterocycles. The molecule has 178 valence electrons. The SMILES string of the molecule is CC.CC.CCCc1cnn2ccc(N3CCCC3)nc12.Fc1ccc(F)cc1.NC=O. The summed E-state index contributed by atoms with van der Waals surface area (Å²) < 4.78 is 25.7. The summed E-state index contributed by atoms with van der Waals surface area (Å²) in [5, 5.41) is 4.34. The number of amides is 1. The first-order chi connectivity index (χ1) is 15.6. The van der Waals surface area contributed by atoms with Gasteiger partial charge in [-0.3, -0.25) is 4.79 Å². The van der Waals surface area contributed by atoms with Gasteiger partial charge in [0.15, 0.2) is 5.65 Å². The second kappa shape index (κ2) is 17.6. The number of anilines is 1. The van der Waals surface area contributed by atoms with Gasteiger partial charge in [0.1, 0.15) is 17.5 Å². The van der Waals surface area contributed by atoms with E-state index in [0.717, 1.165) is 61.7 Å². The lowest BCUT2D eigenvalue weighted by molar-refractivity contribution is -0.106. The van der Waals surface area contributed by atoms with Crippen LogP contribution < -0.4 is 10.6 Å². The van der Waals surface area contributed by atoms with Crippen molar-refractivity contribution in [3.63, 3.8) is 0 Å². The number of aryl methyl sites for hydroxylation is 1. The lowest BCUT2D eigenvalue weighted by Crippen LogP contribution is -2.19. The summed E-state index contributed by atoms with van der Waals surface area (Å²) in [6.07, 6.45) is 8.98. The fourth-order valence-corrected chi connectivity index (χ4v) is 2.90. The molecule has 3 aromatic rings. The lowest BCUT2D eigenvalue weighted by atomic mass is 10.2. The van der Waals surface area contributed by atoms with Crippen molar-refractivity contribution in [2.24, 2.45) is 5.73 Å². The van der Waals surface area contributed by atoms with Crippen LogP contribution in [0.5, 0.6) is 0 Å². The second-order valence-electron chi connectivity index (χ2n) is 6.24. The summed E-state index contributed by atoms with van der Waals surface area (Å²) >= 11 is 0. The Balaban J connectivity index is 0.000000538. The number of rotatable bonds is 3. The zero-order valence-corrected chi connectivity index (χ0v) is 19.9. The van der Waals surface area contributed by atoms with E-state index in [1.165, 1.54) is 18.4 Å². The maximum atomic E-state index is 11.9. The van der Waals surface area contributed by atoms with Crippen molar-refractivity contribution in [2.45, 2.75) is 60.3 Å². The van der Waals surface area contributed by atoms with Crippen molar-refractivity contribution >= 4 is 17.9 Å². The first-order valence-corrected chi connectivity index (χ1v) is 11.2. The molecule has 1 fully saturated rings. The molecule has 6 nitrogen and oxygen atoms in total. The van der Waals surface area contributed by atoms with Crippen LogP contribution in [-0.4, -0.2) is 34.1 Å². The quantitative estimate of drug-likeness (QED) is 0.543. The maximum absolute atomic E-state index is 11.9. The molecule has 32 heavy (non-hydrogen) atoms. The summed E-state index contributed by atoms with van der Waals surface area (Å²) in [6.45, 7) is 12.5. The standard InChI is InChI=1S/C13H18N4.C6H4F2.2C2H6.CH3NO/c1-2-5-11-10-14-17-9-6-12(15-13(11)17)16-7-3-4-8-16;7-5-1-2-6(8)4-3-5;2*1-2;2-1-3/h6,9-10H,2-5,7-8H2,1H3;1-4H;2*1-2H3;1H,(H2,2,3). The number of hydrogen-bond acceptors (Lipinski definition) is 4.